The summed E-state index contributed by atoms with van der Waals surface area (Å²) in [6.07, 6.45) is 1.86. The van der Waals surface area contributed by atoms with Crippen molar-refractivity contribution in [2.24, 2.45) is 4.99 Å². The van der Waals surface area contributed by atoms with Crippen LogP contribution < -0.4 is 19.8 Å². The Morgan fingerprint density at radius 3 is 2.74 bits per heavy atom. The molecule has 4 heteroatoms. The van der Waals surface area contributed by atoms with E-state index >= 15 is 0 Å². The largest absolute Gasteiger partial charge is 0.438 e. The maximum atomic E-state index is 6.04. The number of anilines is 1. The lowest BCUT2D eigenvalue weighted by molar-refractivity contribution is 0.500. The lowest BCUT2D eigenvalue weighted by Crippen LogP contribution is -2.21. The van der Waals surface area contributed by atoms with E-state index in [1.165, 1.54) is 0 Å². The van der Waals surface area contributed by atoms with Crippen LogP contribution in [0.15, 0.2) is 53.4 Å². The van der Waals surface area contributed by atoms with Crippen molar-refractivity contribution in [3.8, 4) is 5.75 Å². The van der Waals surface area contributed by atoms with Gasteiger partial charge in [0.1, 0.15) is 5.75 Å². The maximum absolute atomic E-state index is 6.04. The van der Waals surface area contributed by atoms with Gasteiger partial charge in [0.2, 0.25) is 5.88 Å². The van der Waals surface area contributed by atoms with E-state index in [2.05, 4.69) is 23.5 Å². The number of nitrogens with one attached hydrogen (secondary N) is 1. The number of hydrogen-bond acceptors (Lipinski definition) is 4. The molecule has 0 spiro atoms. The molecule has 0 saturated carbocycles. The predicted octanol–water partition coefficient (Wildman–Crippen LogP) is 3.77. The van der Waals surface area contributed by atoms with Gasteiger partial charge in [-0.3, -0.25) is 0 Å². The smallest absolute Gasteiger partial charge is 0.237 e. The van der Waals surface area contributed by atoms with Gasteiger partial charge in [-0.25, -0.2) is 4.99 Å². The molecule has 0 aliphatic carbocycles. The van der Waals surface area contributed by atoms with Gasteiger partial charge in [0.05, 0.1) is 4.53 Å². The molecule has 23 heavy (non-hydrogen) atoms. The van der Waals surface area contributed by atoms with E-state index in [0.29, 0.717) is 5.88 Å². The molecule has 3 nitrogen and oxygen atoms in total. The Balaban J connectivity index is 2.37. The first-order valence-corrected chi connectivity index (χ1v) is 8.33. The van der Waals surface area contributed by atoms with E-state index in [4.69, 9.17) is 4.74 Å². The lowest BCUT2D eigenvalue weighted by atomic mass is 10.2. The fourth-order valence-corrected chi connectivity index (χ4v) is 2.71. The standard InChI is InChI=1S/C19H22N2OS/c1-6-15(5)21-16-8-7-9-17(12-16)22-19(20-13(2)3)18-14(4)10-11-23-18/h6-12,15,21H,1,4H2,2-3,5H3/b19-18-. The molecule has 2 aromatic rings. The molecule has 1 N–H and O–H groups in total. The number of benzene rings is 1. The second kappa shape index (κ2) is 7.79. The van der Waals surface area contributed by atoms with Crippen LogP contribution in [-0.2, 0) is 0 Å². The Morgan fingerprint density at radius 1 is 1.35 bits per heavy atom. The number of nitrogens with zero attached hydrogens (tertiary/aromatic N) is 1. The molecule has 0 amide bonds. The van der Waals surface area contributed by atoms with Gasteiger partial charge in [0.15, 0.2) is 0 Å². The van der Waals surface area contributed by atoms with Crippen molar-refractivity contribution < 1.29 is 4.74 Å². The Kier molecular flexibility index (Phi) is 5.77. The normalized spacial score (nSPS) is 13.0. The molecule has 120 valence electrons. The second-order valence-electron chi connectivity index (χ2n) is 5.44. The third-order valence-corrected chi connectivity index (χ3v) is 4.01. The van der Waals surface area contributed by atoms with E-state index in [1.807, 2.05) is 62.6 Å². The van der Waals surface area contributed by atoms with Crippen LogP contribution in [0.2, 0.25) is 0 Å². The van der Waals surface area contributed by atoms with Crippen molar-refractivity contribution in [3.05, 3.63) is 58.1 Å². The minimum atomic E-state index is 0.188. The summed E-state index contributed by atoms with van der Waals surface area (Å²) in [7, 11) is 0. The third kappa shape index (κ3) is 4.83. The highest BCUT2D eigenvalue weighted by atomic mass is 32.1. The Bertz CT molecular complexity index is 816. The van der Waals surface area contributed by atoms with Crippen molar-refractivity contribution in [2.75, 3.05) is 5.32 Å². The highest BCUT2D eigenvalue weighted by Crippen LogP contribution is 2.21. The number of thiophene rings is 1. The zero-order chi connectivity index (χ0) is 16.8. The minimum Gasteiger partial charge on any atom is -0.438 e. The van der Waals surface area contributed by atoms with Gasteiger partial charge in [-0.1, -0.05) is 18.7 Å². The van der Waals surface area contributed by atoms with E-state index in [-0.39, 0.29) is 6.04 Å². The number of hydrogen-bond donors (Lipinski definition) is 1. The van der Waals surface area contributed by atoms with Crippen LogP contribution in [0.25, 0.3) is 12.5 Å². The Labute approximate surface area is 141 Å². The quantitative estimate of drug-likeness (QED) is 0.647. The van der Waals surface area contributed by atoms with Gasteiger partial charge in [-0.2, -0.15) is 0 Å². The summed E-state index contributed by atoms with van der Waals surface area (Å²) in [6.45, 7) is 13.8. The van der Waals surface area contributed by atoms with Crippen LogP contribution in [0.5, 0.6) is 5.75 Å². The SMILES string of the molecule is C=CC(C)Nc1cccc(O/C(N=C(C)C)=c2\sccc2=C)c1. The van der Waals surface area contributed by atoms with Crippen LogP contribution >= 0.6 is 11.3 Å². The second-order valence-corrected chi connectivity index (χ2v) is 6.35. The number of ether oxygens (including phenoxy) is 1. The number of rotatable bonds is 6. The topological polar surface area (TPSA) is 33.6 Å². The molecule has 1 atom stereocenters. The highest BCUT2D eigenvalue weighted by molar-refractivity contribution is 7.07. The molecule has 0 radical (unpaired) electrons. The van der Waals surface area contributed by atoms with E-state index in [1.54, 1.807) is 11.3 Å². The zero-order valence-corrected chi connectivity index (χ0v) is 14.6. The molecule has 0 bridgehead atoms. The lowest BCUT2D eigenvalue weighted by Gasteiger charge is -2.12. The van der Waals surface area contributed by atoms with Gasteiger partial charge >= 0.3 is 0 Å². The van der Waals surface area contributed by atoms with Crippen molar-refractivity contribution in [3.63, 3.8) is 0 Å². The summed E-state index contributed by atoms with van der Waals surface area (Å²) in [6, 6.07) is 9.98. The minimum absolute atomic E-state index is 0.188. The van der Waals surface area contributed by atoms with E-state index in [0.717, 1.165) is 26.9 Å². The fourth-order valence-electron chi connectivity index (χ4n) is 1.93. The summed E-state index contributed by atoms with van der Waals surface area (Å²) in [5, 5.41) is 6.25. The molecule has 1 aromatic heterocycles. The summed E-state index contributed by atoms with van der Waals surface area (Å²) < 4.78 is 6.99. The summed E-state index contributed by atoms with van der Waals surface area (Å²) >= 11 is 1.58. The molecule has 2 rings (SSSR count). The average molecular weight is 326 g/mol. The predicted molar refractivity (Wildman–Crippen MR) is 102 cm³/mol. The molecule has 0 aliphatic heterocycles. The van der Waals surface area contributed by atoms with E-state index < -0.39 is 0 Å². The van der Waals surface area contributed by atoms with Crippen LogP contribution in [0.3, 0.4) is 0 Å². The molecule has 0 saturated heterocycles. The van der Waals surface area contributed by atoms with Gasteiger partial charge < -0.3 is 10.1 Å². The zero-order valence-electron chi connectivity index (χ0n) is 13.8. The van der Waals surface area contributed by atoms with Crippen LogP contribution in [-0.4, -0.2) is 11.8 Å². The molecule has 0 aliphatic rings. The summed E-state index contributed by atoms with van der Waals surface area (Å²) in [5.41, 5.74) is 1.91. The molecule has 1 unspecified atom stereocenters. The number of aliphatic imine (C=N–C) groups is 1. The third-order valence-electron chi connectivity index (χ3n) is 3.06. The van der Waals surface area contributed by atoms with Crippen molar-refractivity contribution in [2.45, 2.75) is 26.8 Å². The highest BCUT2D eigenvalue weighted by Gasteiger charge is 2.05. The van der Waals surface area contributed by atoms with Gasteiger partial charge in [-0.05, 0) is 49.6 Å². The monoisotopic (exact) mass is 326 g/mol. The Hall–Kier alpha value is -2.33. The first kappa shape index (κ1) is 17.0. The van der Waals surface area contributed by atoms with Crippen molar-refractivity contribution >= 4 is 35.2 Å². The van der Waals surface area contributed by atoms with Gasteiger partial charge in [0.25, 0.3) is 0 Å². The molecule has 1 aromatic carbocycles. The summed E-state index contributed by atoms with van der Waals surface area (Å²) in [5.74, 6) is 1.32. The molecular weight excluding hydrogens is 304 g/mol. The molecule has 0 fully saturated rings. The first-order chi connectivity index (χ1) is 11.0. The van der Waals surface area contributed by atoms with Crippen LogP contribution in [0.4, 0.5) is 5.69 Å². The average Bonchev–Trinajstić information content (AvgIpc) is 2.92. The van der Waals surface area contributed by atoms with E-state index in [9.17, 15) is 0 Å². The van der Waals surface area contributed by atoms with Gasteiger partial charge in [-0.15, -0.1) is 17.9 Å². The Morgan fingerprint density at radius 2 is 2.13 bits per heavy atom. The molecular formula is C19H22N2OS. The molecule has 1 heterocycles. The summed E-state index contributed by atoms with van der Waals surface area (Å²) in [4.78, 5) is 4.53. The van der Waals surface area contributed by atoms with Gasteiger partial charge in [0, 0.05) is 23.5 Å². The maximum Gasteiger partial charge on any atom is 0.237 e. The van der Waals surface area contributed by atoms with Crippen molar-refractivity contribution in [1.82, 2.24) is 0 Å². The van der Waals surface area contributed by atoms with Crippen LogP contribution in [0, 0.1) is 0 Å². The van der Waals surface area contributed by atoms with Crippen LogP contribution in [0.1, 0.15) is 20.8 Å². The van der Waals surface area contributed by atoms with Crippen molar-refractivity contribution in [1.29, 1.82) is 0 Å². The first-order valence-electron chi connectivity index (χ1n) is 7.45. The fraction of sp³-hybridized carbons (Fsp3) is 0.211.